The Labute approximate surface area is 72.0 Å². The number of ether oxygens (including phenoxy) is 3. The molecule has 0 amide bonds. The first-order chi connectivity index (χ1) is 5.95. The molecule has 0 radical (unpaired) electrons. The van der Waals surface area contributed by atoms with Crippen LogP contribution >= 0.6 is 0 Å². The van der Waals surface area contributed by atoms with Gasteiger partial charge in [0.2, 0.25) is 0 Å². The second-order valence-electron chi connectivity index (χ2n) is 3.99. The lowest BCUT2D eigenvalue weighted by atomic mass is 9.75. The zero-order valence-corrected chi connectivity index (χ0v) is 7.07. The molecule has 4 aliphatic heterocycles. The van der Waals surface area contributed by atoms with Crippen LogP contribution in [0.1, 0.15) is 6.42 Å². The van der Waals surface area contributed by atoms with Gasteiger partial charge in [0.15, 0.2) is 6.29 Å². The minimum absolute atomic E-state index is 0.0419. The third kappa shape index (κ3) is 0.934. The van der Waals surface area contributed by atoms with Crippen molar-refractivity contribution >= 4 is 0 Å². The number of rotatable bonds is 0. The molecule has 0 spiro atoms. The summed E-state index contributed by atoms with van der Waals surface area (Å²) in [5.41, 5.74) is 0. The lowest BCUT2D eigenvalue weighted by Crippen LogP contribution is -2.54. The summed E-state index contributed by atoms with van der Waals surface area (Å²) in [6.45, 7) is 3.59. The standard InChI is InChI=1S/C9H14O3/c1-2-10-5-8-7(1)6-3-11-9(8)12-4-6/h6-9H,1-5H2. The van der Waals surface area contributed by atoms with Crippen molar-refractivity contribution < 1.29 is 14.2 Å². The molecule has 2 atom stereocenters. The Bertz CT molecular complexity index is 155. The third-order valence-corrected chi connectivity index (χ3v) is 3.36. The molecule has 0 N–H and O–H groups in total. The first kappa shape index (κ1) is 7.30. The van der Waals surface area contributed by atoms with E-state index in [0.717, 1.165) is 32.3 Å². The molecule has 4 heterocycles. The van der Waals surface area contributed by atoms with E-state index in [9.17, 15) is 0 Å². The van der Waals surface area contributed by atoms with Crippen molar-refractivity contribution in [2.75, 3.05) is 26.4 Å². The van der Waals surface area contributed by atoms with Gasteiger partial charge in [0.1, 0.15) is 0 Å². The van der Waals surface area contributed by atoms with Gasteiger partial charge in [-0.15, -0.1) is 0 Å². The highest BCUT2D eigenvalue weighted by Gasteiger charge is 2.46. The van der Waals surface area contributed by atoms with Gasteiger partial charge >= 0.3 is 0 Å². The van der Waals surface area contributed by atoms with Crippen molar-refractivity contribution in [3.05, 3.63) is 0 Å². The monoisotopic (exact) mass is 170 g/mol. The van der Waals surface area contributed by atoms with Crippen molar-refractivity contribution in [2.24, 2.45) is 17.8 Å². The van der Waals surface area contributed by atoms with Crippen molar-refractivity contribution in [1.82, 2.24) is 0 Å². The molecule has 3 nitrogen and oxygen atoms in total. The molecule has 4 saturated heterocycles. The van der Waals surface area contributed by atoms with Crippen molar-refractivity contribution in [3.8, 4) is 0 Å². The van der Waals surface area contributed by atoms with Gasteiger partial charge in [0.25, 0.3) is 0 Å². The molecule has 0 saturated carbocycles. The molecule has 4 aliphatic rings. The summed E-state index contributed by atoms with van der Waals surface area (Å²) in [6.07, 6.45) is 1.25. The second-order valence-corrected chi connectivity index (χ2v) is 3.99. The zero-order chi connectivity index (χ0) is 7.97. The highest BCUT2D eigenvalue weighted by Crippen LogP contribution is 2.41. The maximum absolute atomic E-state index is 5.54. The maximum Gasteiger partial charge on any atom is 0.162 e. The van der Waals surface area contributed by atoms with Crippen LogP contribution in [0.5, 0.6) is 0 Å². The Morgan fingerprint density at radius 1 is 0.917 bits per heavy atom. The molecule has 0 aromatic heterocycles. The van der Waals surface area contributed by atoms with E-state index in [1.54, 1.807) is 0 Å². The quantitative estimate of drug-likeness (QED) is 0.534. The van der Waals surface area contributed by atoms with E-state index in [1.165, 1.54) is 6.42 Å². The predicted octanol–water partition coefficient (Wildman–Crippen LogP) is 0.642. The van der Waals surface area contributed by atoms with Crippen molar-refractivity contribution in [2.45, 2.75) is 12.7 Å². The summed E-state index contributed by atoms with van der Waals surface area (Å²) in [4.78, 5) is 0. The minimum Gasteiger partial charge on any atom is -0.381 e. The lowest BCUT2D eigenvalue weighted by Gasteiger charge is -2.49. The zero-order valence-electron chi connectivity index (χ0n) is 7.07. The number of hydrogen-bond donors (Lipinski definition) is 0. The van der Waals surface area contributed by atoms with Crippen LogP contribution in [0.2, 0.25) is 0 Å². The van der Waals surface area contributed by atoms with E-state index in [0.29, 0.717) is 11.8 Å². The summed E-state index contributed by atoms with van der Waals surface area (Å²) in [7, 11) is 0. The Morgan fingerprint density at radius 3 is 2.50 bits per heavy atom. The molecule has 0 aromatic rings. The van der Waals surface area contributed by atoms with Crippen LogP contribution in [-0.4, -0.2) is 32.7 Å². The Hall–Kier alpha value is -0.120. The molecule has 0 aliphatic carbocycles. The lowest BCUT2D eigenvalue weighted by molar-refractivity contribution is -0.302. The highest BCUT2D eigenvalue weighted by molar-refractivity contribution is 4.89. The minimum atomic E-state index is 0.0419. The summed E-state index contributed by atoms with van der Waals surface area (Å²) in [5.74, 6) is 1.97. The van der Waals surface area contributed by atoms with Crippen molar-refractivity contribution in [1.29, 1.82) is 0 Å². The fraction of sp³-hybridized carbons (Fsp3) is 1.00. The molecule has 12 heavy (non-hydrogen) atoms. The van der Waals surface area contributed by atoms with Gasteiger partial charge in [-0.2, -0.15) is 0 Å². The molecule has 2 bridgehead atoms. The molecule has 3 heteroatoms. The normalized spacial score (nSPS) is 52.0. The first-order valence-electron chi connectivity index (χ1n) is 4.76. The summed E-state index contributed by atoms with van der Waals surface area (Å²) < 4.78 is 16.5. The predicted molar refractivity (Wildman–Crippen MR) is 41.6 cm³/mol. The average Bonchev–Trinajstić information content (AvgIpc) is 2.20. The summed E-state index contributed by atoms with van der Waals surface area (Å²) in [6, 6.07) is 0. The van der Waals surface area contributed by atoms with Crippen LogP contribution in [0.4, 0.5) is 0 Å². The van der Waals surface area contributed by atoms with E-state index in [-0.39, 0.29) is 6.29 Å². The van der Waals surface area contributed by atoms with E-state index in [4.69, 9.17) is 14.2 Å². The van der Waals surface area contributed by atoms with Crippen LogP contribution in [0, 0.1) is 17.8 Å². The fourth-order valence-electron chi connectivity index (χ4n) is 2.67. The van der Waals surface area contributed by atoms with Gasteiger partial charge in [0.05, 0.1) is 19.8 Å². The first-order valence-corrected chi connectivity index (χ1v) is 4.76. The van der Waals surface area contributed by atoms with Gasteiger partial charge in [-0.25, -0.2) is 0 Å². The molecule has 2 unspecified atom stereocenters. The summed E-state index contributed by atoms with van der Waals surface area (Å²) >= 11 is 0. The topological polar surface area (TPSA) is 27.7 Å². The van der Waals surface area contributed by atoms with Gasteiger partial charge < -0.3 is 14.2 Å². The fourth-order valence-corrected chi connectivity index (χ4v) is 2.67. The third-order valence-electron chi connectivity index (χ3n) is 3.36. The largest absolute Gasteiger partial charge is 0.381 e. The maximum atomic E-state index is 5.54. The van der Waals surface area contributed by atoms with Crippen LogP contribution in [-0.2, 0) is 14.2 Å². The van der Waals surface area contributed by atoms with Crippen LogP contribution in [0.15, 0.2) is 0 Å². The molecule has 4 rings (SSSR count). The number of hydrogen-bond acceptors (Lipinski definition) is 3. The molecular weight excluding hydrogens is 156 g/mol. The Morgan fingerprint density at radius 2 is 1.75 bits per heavy atom. The summed E-state index contributed by atoms with van der Waals surface area (Å²) in [5, 5.41) is 0. The second kappa shape index (κ2) is 2.69. The molecule has 68 valence electrons. The van der Waals surface area contributed by atoms with Crippen LogP contribution < -0.4 is 0 Å². The Kier molecular flexibility index (Phi) is 1.63. The van der Waals surface area contributed by atoms with Gasteiger partial charge in [0, 0.05) is 18.4 Å². The highest BCUT2D eigenvalue weighted by atomic mass is 16.7. The van der Waals surface area contributed by atoms with Gasteiger partial charge in [-0.05, 0) is 12.3 Å². The van der Waals surface area contributed by atoms with E-state index < -0.39 is 0 Å². The van der Waals surface area contributed by atoms with Crippen molar-refractivity contribution in [3.63, 3.8) is 0 Å². The van der Waals surface area contributed by atoms with E-state index in [2.05, 4.69) is 0 Å². The SMILES string of the molecule is C1CC2C3COC(OC3)C2CO1. The van der Waals surface area contributed by atoms with E-state index in [1.807, 2.05) is 0 Å². The van der Waals surface area contributed by atoms with Crippen LogP contribution in [0.25, 0.3) is 0 Å². The van der Waals surface area contributed by atoms with Gasteiger partial charge in [-0.1, -0.05) is 0 Å². The Balaban J connectivity index is 1.83. The molecule has 4 fully saturated rings. The van der Waals surface area contributed by atoms with Crippen LogP contribution in [0.3, 0.4) is 0 Å². The molecular formula is C9H14O3. The number of fused-ring (bicyclic) bond motifs is 2. The average molecular weight is 170 g/mol. The smallest absolute Gasteiger partial charge is 0.162 e. The molecule has 0 aromatic carbocycles. The van der Waals surface area contributed by atoms with E-state index >= 15 is 0 Å². The van der Waals surface area contributed by atoms with Gasteiger partial charge in [-0.3, -0.25) is 0 Å².